The minimum Gasteiger partial charge on any atom is -0.349 e. The van der Waals surface area contributed by atoms with Gasteiger partial charge in [-0.25, -0.2) is 9.78 Å². The third kappa shape index (κ3) is 4.85. The van der Waals surface area contributed by atoms with Gasteiger partial charge in [-0.1, -0.05) is 6.42 Å². The molecule has 29 heavy (non-hydrogen) atoms. The van der Waals surface area contributed by atoms with Crippen LogP contribution in [0.25, 0.3) is 10.9 Å². The molecule has 2 aliphatic heterocycles. The van der Waals surface area contributed by atoms with Crippen LogP contribution in [0.2, 0.25) is 0 Å². The lowest BCUT2D eigenvalue weighted by Gasteiger charge is -2.16. The number of aromatic nitrogens is 2. The SMILES string of the molecule is O=C(CCCC[C@@H]1SC[C@@H]2NC(=O)N[C@@H]21)NCc1nc2ccc(I)cc2c(=O)[nH]1. The van der Waals surface area contributed by atoms with Gasteiger partial charge in [0.1, 0.15) is 5.82 Å². The monoisotopic (exact) mass is 527 g/mol. The summed E-state index contributed by atoms with van der Waals surface area (Å²) in [7, 11) is 0. The number of urea groups is 1. The fourth-order valence-corrected chi connectivity index (χ4v) is 5.82. The second kappa shape index (κ2) is 8.90. The molecule has 1 aromatic heterocycles. The highest BCUT2D eigenvalue weighted by Gasteiger charge is 2.42. The van der Waals surface area contributed by atoms with Gasteiger partial charge in [-0.05, 0) is 53.6 Å². The second-order valence-electron chi connectivity index (χ2n) is 7.32. The first-order valence-corrected chi connectivity index (χ1v) is 11.8. The van der Waals surface area contributed by atoms with Crippen molar-refractivity contribution in [1.82, 2.24) is 25.9 Å². The van der Waals surface area contributed by atoms with Gasteiger partial charge < -0.3 is 20.9 Å². The molecule has 0 spiro atoms. The number of aromatic amines is 1. The van der Waals surface area contributed by atoms with Crippen LogP contribution < -0.4 is 21.5 Å². The summed E-state index contributed by atoms with van der Waals surface area (Å²) in [5, 5.41) is 9.72. The molecule has 0 radical (unpaired) electrons. The third-order valence-corrected chi connectivity index (χ3v) is 7.43. The second-order valence-corrected chi connectivity index (χ2v) is 9.84. The Hall–Kier alpha value is -1.82. The van der Waals surface area contributed by atoms with Crippen molar-refractivity contribution in [2.75, 3.05) is 5.75 Å². The Morgan fingerprint density at radius 2 is 2.14 bits per heavy atom. The van der Waals surface area contributed by atoms with Crippen molar-refractivity contribution < 1.29 is 9.59 Å². The first-order chi connectivity index (χ1) is 14.0. The summed E-state index contributed by atoms with van der Waals surface area (Å²) in [4.78, 5) is 42.9. The number of carbonyl (C=O) groups excluding carboxylic acids is 2. The van der Waals surface area contributed by atoms with Crippen molar-refractivity contribution in [3.8, 4) is 0 Å². The average molecular weight is 527 g/mol. The number of carbonyl (C=O) groups is 2. The number of nitrogens with zero attached hydrogens (tertiary/aromatic N) is 1. The van der Waals surface area contributed by atoms with E-state index in [0.717, 1.165) is 28.6 Å². The number of rotatable bonds is 7. The van der Waals surface area contributed by atoms with Gasteiger partial charge >= 0.3 is 6.03 Å². The van der Waals surface area contributed by atoms with Gasteiger partial charge in [0.15, 0.2) is 0 Å². The molecule has 1 aromatic carbocycles. The van der Waals surface area contributed by atoms with Crippen LogP contribution in [0.5, 0.6) is 0 Å². The van der Waals surface area contributed by atoms with Gasteiger partial charge in [-0.2, -0.15) is 11.8 Å². The molecule has 2 fully saturated rings. The molecule has 2 aliphatic rings. The number of unbranched alkanes of at least 4 members (excludes halogenated alkanes) is 1. The summed E-state index contributed by atoms with van der Waals surface area (Å²) in [6, 6.07) is 5.88. The van der Waals surface area contributed by atoms with Crippen molar-refractivity contribution in [2.24, 2.45) is 0 Å². The van der Waals surface area contributed by atoms with Crippen LogP contribution in [0, 0.1) is 3.57 Å². The van der Waals surface area contributed by atoms with E-state index in [1.165, 1.54) is 0 Å². The fraction of sp³-hybridized carbons (Fsp3) is 0.474. The number of hydrogen-bond donors (Lipinski definition) is 4. The van der Waals surface area contributed by atoms with Crippen molar-refractivity contribution >= 4 is 57.2 Å². The minimum absolute atomic E-state index is 0.0526. The topological polar surface area (TPSA) is 116 Å². The Bertz CT molecular complexity index is 997. The molecule has 2 saturated heterocycles. The highest BCUT2D eigenvalue weighted by Crippen LogP contribution is 2.33. The average Bonchev–Trinajstić information content (AvgIpc) is 3.23. The van der Waals surface area contributed by atoms with Gasteiger partial charge in [0.2, 0.25) is 5.91 Å². The standard InChI is InChI=1S/C19H22IN5O3S/c20-10-5-6-12-11(7-10)18(27)24-15(22-12)8-21-16(26)4-2-1-3-14-17-13(9-29-14)23-19(28)25-17/h5-7,13-14,17H,1-4,8-9H2,(H,21,26)(H,22,24,27)(H2,23,25,28)/t13-,14-,17-/m0/s1. The van der Waals surface area contributed by atoms with Gasteiger partial charge in [-0.15, -0.1) is 0 Å². The number of amides is 3. The van der Waals surface area contributed by atoms with E-state index < -0.39 is 0 Å². The van der Waals surface area contributed by atoms with Crippen LogP contribution in [-0.2, 0) is 11.3 Å². The molecule has 0 aliphatic carbocycles. The summed E-state index contributed by atoms with van der Waals surface area (Å²) in [5.74, 6) is 1.35. The number of H-pyrrole nitrogens is 1. The molecule has 0 unspecified atom stereocenters. The summed E-state index contributed by atoms with van der Waals surface area (Å²) in [5.41, 5.74) is 0.429. The molecule has 0 bridgehead atoms. The van der Waals surface area contributed by atoms with Crippen molar-refractivity contribution in [1.29, 1.82) is 0 Å². The molecule has 3 heterocycles. The number of halogens is 1. The third-order valence-electron chi connectivity index (χ3n) is 5.25. The Balaban J connectivity index is 1.21. The lowest BCUT2D eigenvalue weighted by molar-refractivity contribution is -0.121. The lowest BCUT2D eigenvalue weighted by Crippen LogP contribution is -2.36. The molecular weight excluding hydrogens is 505 g/mol. The van der Waals surface area contributed by atoms with E-state index >= 15 is 0 Å². The highest BCUT2D eigenvalue weighted by atomic mass is 127. The zero-order valence-corrected chi connectivity index (χ0v) is 18.6. The molecule has 4 N–H and O–H groups in total. The minimum atomic E-state index is -0.196. The largest absolute Gasteiger partial charge is 0.349 e. The molecule has 8 nitrogen and oxygen atoms in total. The molecule has 3 amide bonds. The molecular formula is C19H22IN5O3S. The molecule has 10 heteroatoms. The maximum atomic E-state index is 12.2. The summed E-state index contributed by atoms with van der Waals surface area (Å²) >= 11 is 4.04. The zero-order chi connectivity index (χ0) is 20.4. The predicted octanol–water partition coefficient (Wildman–Crippen LogP) is 1.87. The number of thioether (sulfide) groups is 1. The fourth-order valence-electron chi connectivity index (χ4n) is 3.79. The first-order valence-electron chi connectivity index (χ1n) is 9.63. The molecule has 154 valence electrons. The highest BCUT2D eigenvalue weighted by molar-refractivity contribution is 14.1. The van der Waals surface area contributed by atoms with Crippen molar-refractivity contribution in [3.63, 3.8) is 0 Å². The van der Waals surface area contributed by atoms with Crippen LogP contribution >= 0.6 is 34.4 Å². The van der Waals surface area contributed by atoms with E-state index in [-0.39, 0.29) is 36.1 Å². The van der Waals surface area contributed by atoms with Crippen molar-refractivity contribution in [3.05, 3.63) is 37.9 Å². The number of fused-ring (bicyclic) bond motifs is 2. The zero-order valence-electron chi connectivity index (χ0n) is 15.7. The summed E-state index contributed by atoms with van der Waals surface area (Å²) < 4.78 is 0.974. The van der Waals surface area contributed by atoms with E-state index in [4.69, 9.17) is 0 Å². The Labute approximate surface area is 185 Å². The number of nitrogens with one attached hydrogen (secondary N) is 4. The van der Waals surface area contributed by atoms with E-state index in [1.54, 1.807) is 6.07 Å². The van der Waals surface area contributed by atoms with E-state index in [0.29, 0.717) is 28.4 Å². The van der Waals surface area contributed by atoms with Gasteiger partial charge in [0.05, 0.1) is 29.5 Å². The first kappa shape index (κ1) is 20.5. The van der Waals surface area contributed by atoms with Crippen LogP contribution in [0.1, 0.15) is 31.5 Å². The van der Waals surface area contributed by atoms with E-state index in [2.05, 4.69) is 48.5 Å². The van der Waals surface area contributed by atoms with E-state index in [9.17, 15) is 14.4 Å². The van der Waals surface area contributed by atoms with Crippen LogP contribution in [0.3, 0.4) is 0 Å². The maximum absolute atomic E-state index is 12.2. The van der Waals surface area contributed by atoms with Gasteiger partial charge in [0, 0.05) is 21.0 Å². The normalized spacial score (nSPS) is 22.9. The summed E-state index contributed by atoms with van der Waals surface area (Å²) in [6.07, 6.45) is 3.15. The van der Waals surface area contributed by atoms with Crippen LogP contribution in [0.4, 0.5) is 4.79 Å². The summed E-state index contributed by atoms with van der Waals surface area (Å²) in [6.45, 7) is 0.204. The van der Waals surface area contributed by atoms with Crippen LogP contribution in [0.15, 0.2) is 23.0 Å². The Kier molecular flexibility index (Phi) is 6.28. The Morgan fingerprint density at radius 1 is 1.28 bits per heavy atom. The quantitative estimate of drug-likeness (QED) is 0.249. The van der Waals surface area contributed by atoms with E-state index in [1.807, 2.05) is 23.9 Å². The van der Waals surface area contributed by atoms with Gasteiger partial charge in [0.25, 0.3) is 5.56 Å². The molecule has 4 rings (SSSR count). The van der Waals surface area contributed by atoms with Crippen molar-refractivity contribution in [2.45, 2.75) is 49.6 Å². The number of benzene rings is 1. The van der Waals surface area contributed by atoms with Crippen LogP contribution in [-0.4, -0.2) is 45.0 Å². The predicted molar refractivity (Wildman–Crippen MR) is 121 cm³/mol. The van der Waals surface area contributed by atoms with Gasteiger partial charge in [-0.3, -0.25) is 9.59 Å². The molecule has 0 saturated carbocycles. The smallest absolute Gasteiger partial charge is 0.315 e. The molecule has 3 atom stereocenters. The molecule has 2 aromatic rings. The number of hydrogen-bond acceptors (Lipinski definition) is 5. The lowest BCUT2D eigenvalue weighted by atomic mass is 10.0. The maximum Gasteiger partial charge on any atom is 0.315 e. The Morgan fingerprint density at radius 3 is 3.00 bits per heavy atom.